The fourth-order valence-electron chi connectivity index (χ4n) is 6.44. The number of hydrogen-bond acceptors (Lipinski definition) is 5. The molecule has 1 aliphatic carbocycles. The number of nitrogens with one attached hydrogen (secondary N) is 1. The zero-order chi connectivity index (χ0) is 21.8. The van der Waals surface area contributed by atoms with E-state index < -0.39 is 17.5 Å². The molecule has 2 aromatic rings. The Morgan fingerprint density at radius 2 is 1.81 bits per heavy atom. The van der Waals surface area contributed by atoms with E-state index in [1.807, 2.05) is 0 Å². The van der Waals surface area contributed by atoms with E-state index in [9.17, 15) is 13.2 Å². The summed E-state index contributed by atoms with van der Waals surface area (Å²) in [7, 11) is 0. The highest BCUT2D eigenvalue weighted by molar-refractivity contribution is 5.60. The second-order valence-electron chi connectivity index (χ2n) is 9.97. The van der Waals surface area contributed by atoms with Crippen molar-refractivity contribution in [2.24, 2.45) is 17.8 Å². The van der Waals surface area contributed by atoms with Crippen LogP contribution < -0.4 is 5.32 Å². The average molecular weight is 445 g/mol. The van der Waals surface area contributed by atoms with Crippen LogP contribution in [0.5, 0.6) is 0 Å². The third-order valence-electron chi connectivity index (χ3n) is 7.84. The van der Waals surface area contributed by atoms with E-state index in [-0.39, 0.29) is 11.3 Å². The monoisotopic (exact) mass is 444 g/mol. The Morgan fingerprint density at radius 1 is 1.00 bits per heavy atom. The van der Waals surface area contributed by atoms with Crippen molar-refractivity contribution < 1.29 is 17.9 Å². The van der Waals surface area contributed by atoms with Crippen LogP contribution in [0.1, 0.15) is 32.1 Å². The van der Waals surface area contributed by atoms with Crippen LogP contribution in [0, 0.1) is 35.2 Å². The smallest absolute Gasteiger partial charge is 0.168 e. The molecule has 5 nitrogen and oxygen atoms in total. The highest BCUT2D eigenvalue weighted by Crippen LogP contribution is 2.43. The predicted octanol–water partition coefficient (Wildman–Crippen LogP) is 4.25. The molecule has 0 amide bonds. The molecule has 3 aliphatic heterocycles. The molecule has 2 bridgehead atoms. The van der Waals surface area contributed by atoms with Crippen molar-refractivity contribution in [3.05, 3.63) is 41.7 Å². The lowest BCUT2D eigenvalue weighted by Gasteiger charge is -2.26. The summed E-state index contributed by atoms with van der Waals surface area (Å²) >= 11 is 0. The summed E-state index contributed by atoms with van der Waals surface area (Å²) in [6, 6.07) is 5.02. The Kier molecular flexibility index (Phi) is 5.10. The molecule has 1 saturated carbocycles. The van der Waals surface area contributed by atoms with Gasteiger partial charge in [0.15, 0.2) is 11.6 Å². The van der Waals surface area contributed by atoms with Crippen LogP contribution in [0.4, 0.5) is 19.0 Å². The van der Waals surface area contributed by atoms with Gasteiger partial charge in [-0.3, -0.25) is 0 Å². The summed E-state index contributed by atoms with van der Waals surface area (Å²) in [5.74, 6) is -0.483. The average Bonchev–Trinajstić information content (AvgIpc) is 3.53. The zero-order valence-corrected chi connectivity index (χ0v) is 17.8. The quantitative estimate of drug-likeness (QED) is 0.699. The summed E-state index contributed by atoms with van der Waals surface area (Å²) < 4.78 is 47.0. The molecule has 8 heteroatoms. The Hall–Kier alpha value is -2.19. The van der Waals surface area contributed by atoms with E-state index >= 15 is 0 Å². The number of rotatable bonds is 5. The Bertz CT molecular complexity index is 989. The molecule has 1 aromatic carbocycles. The lowest BCUT2D eigenvalue weighted by molar-refractivity contribution is 0.0854. The molecule has 0 radical (unpaired) electrons. The van der Waals surface area contributed by atoms with Crippen LogP contribution in [0.3, 0.4) is 0 Å². The van der Waals surface area contributed by atoms with Crippen LogP contribution >= 0.6 is 0 Å². The normalized spacial score (nSPS) is 33.7. The number of ether oxygens (including phenoxy) is 1. The van der Waals surface area contributed by atoms with Gasteiger partial charge in [0.1, 0.15) is 11.6 Å². The minimum Gasteiger partial charge on any atom is -0.375 e. The second-order valence-corrected chi connectivity index (χ2v) is 9.97. The molecule has 4 aliphatic rings. The number of likely N-dealkylation sites (tertiary alicyclic amines) is 1. The van der Waals surface area contributed by atoms with Crippen LogP contribution in [0.2, 0.25) is 0 Å². The number of fused-ring (bicyclic) bond motifs is 3. The van der Waals surface area contributed by atoms with Crippen LogP contribution in [0.25, 0.3) is 11.3 Å². The van der Waals surface area contributed by atoms with Crippen molar-refractivity contribution in [1.29, 1.82) is 0 Å². The number of aromatic nitrogens is 2. The van der Waals surface area contributed by atoms with Gasteiger partial charge in [-0.15, -0.1) is 10.2 Å². The Labute approximate surface area is 185 Å². The standard InChI is InChI=1S/C24H27F3N4O/c25-16-8-19(24(27)20(26)9-16)21-2-4-23(30-29-21)28-17-5-13-10-31(11-14(13)6-17)12-15-7-18-1-3-22(15)32-18/h2,4,8-9,13-15,17-18,22H,1,3,5-7,10-12H2,(H,28,30)/t13-,14+,15-,17+,18?,22?/m1/s1. The van der Waals surface area contributed by atoms with Crippen LogP contribution in [-0.2, 0) is 4.74 Å². The number of anilines is 1. The second kappa shape index (κ2) is 7.99. The molecule has 4 fully saturated rings. The van der Waals surface area contributed by atoms with Crippen molar-refractivity contribution >= 4 is 5.82 Å². The van der Waals surface area contributed by atoms with Gasteiger partial charge in [0.05, 0.1) is 17.9 Å². The van der Waals surface area contributed by atoms with Gasteiger partial charge >= 0.3 is 0 Å². The van der Waals surface area contributed by atoms with Gasteiger partial charge in [-0.1, -0.05) is 0 Å². The highest BCUT2D eigenvalue weighted by atomic mass is 19.2. The summed E-state index contributed by atoms with van der Waals surface area (Å²) in [5, 5.41) is 11.6. The van der Waals surface area contributed by atoms with E-state index in [2.05, 4.69) is 20.4 Å². The van der Waals surface area contributed by atoms with E-state index in [1.54, 1.807) is 12.1 Å². The molecular formula is C24H27F3N4O. The SMILES string of the molecule is Fc1cc(F)c(F)c(-c2ccc(N[C@H]3C[C@@H]4CN(C[C@H]5CC6CCC5O6)C[C@@H]4C3)nn2)c1. The molecule has 6 rings (SSSR count). The molecule has 2 unspecified atom stereocenters. The molecule has 3 saturated heterocycles. The summed E-state index contributed by atoms with van der Waals surface area (Å²) in [4.78, 5) is 2.64. The van der Waals surface area contributed by atoms with Crippen molar-refractivity contribution in [2.75, 3.05) is 25.0 Å². The molecule has 1 N–H and O–H groups in total. The van der Waals surface area contributed by atoms with Crippen molar-refractivity contribution in [1.82, 2.24) is 15.1 Å². The molecular weight excluding hydrogens is 417 g/mol. The zero-order valence-electron chi connectivity index (χ0n) is 17.8. The van der Waals surface area contributed by atoms with Gasteiger partial charge < -0.3 is 15.0 Å². The maximum absolute atomic E-state index is 14.0. The lowest BCUT2D eigenvalue weighted by Crippen LogP contribution is -2.33. The minimum absolute atomic E-state index is 0.106. The maximum Gasteiger partial charge on any atom is 0.168 e. The first kappa shape index (κ1) is 20.4. The number of nitrogens with zero attached hydrogens (tertiary/aromatic N) is 3. The van der Waals surface area contributed by atoms with Gasteiger partial charge in [-0.25, -0.2) is 13.2 Å². The molecule has 4 heterocycles. The molecule has 1 aromatic heterocycles. The van der Waals surface area contributed by atoms with Crippen LogP contribution in [-0.4, -0.2) is 53.0 Å². The first-order valence-corrected chi connectivity index (χ1v) is 11.6. The molecule has 170 valence electrons. The largest absolute Gasteiger partial charge is 0.375 e. The molecule has 32 heavy (non-hydrogen) atoms. The fraction of sp³-hybridized carbons (Fsp3) is 0.583. The Morgan fingerprint density at radius 3 is 2.47 bits per heavy atom. The van der Waals surface area contributed by atoms with Gasteiger partial charge in [0, 0.05) is 43.2 Å². The van der Waals surface area contributed by atoms with E-state index in [4.69, 9.17) is 4.74 Å². The fourth-order valence-corrected chi connectivity index (χ4v) is 6.44. The number of halogens is 3. The van der Waals surface area contributed by atoms with Crippen molar-refractivity contribution in [3.63, 3.8) is 0 Å². The third kappa shape index (κ3) is 3.77. The van der Waals surface area contributed by atoms with Gasteiger partial charge in [0.2, 0.25) is 0 Å². The topological polar surface area (TPSA) is 50.3 Å². The Balaban J connectivity index is 1.04. The van der Waals surface area contributed by atoms with E-state index in [0.717, 1.165) is 32.0 Å². The molecule has 6 atom stereocenters. The van der Waals surface area contributed by atoms with Crippen molar-refractivity contribution in [2.45, 2.75) is 50.4 Å². The predicted molar refractivity (Wildman–Crippen MR) is 113 cm³/mol. The van der Waals surface area contributed by atoms with Gasteiger partial charge in [-0.2, -0.15) is 0 Å². The summed E-state index contributed by atoms with van der Waals surface area (Å²) in [5.41, 5.74) is -0.118. The number of hydrogen-bond donors (Lipinski definition) is 1. The minimum atomic E-state index is -1.23. The van der Waals surface area contributed by atoms with Crippen molar-refractivity contribution in [3.8, 4) is 11.3 Å². The van der Waals surface area contributed by atoms with Gasteiger partial charge in [0.25, 0.3) is 0 Å². The maximum atomic E-state index is 14.0. The highest BCUT2D eigenvalue weighted by Gasteiger charge is 2.45. The third-order valence-corrected chi connectivity index (χ3v) is 7.84. The lowest BCUT2D eigenvalue weighted by atomic mass is 9.89. The first-order chi connectivity index (χ1) is 15.5. The molecule has 0 spiro atoms. The van der Waals surface area contributed by atoms with E-state index in [0.29, 0.717) is 47.9 Å². The number of benzene rings is 1. The first-order valence-electron chi connectivity index (χ1n) is 11.6. The van der Waals surface area contributed by atoms with E-state index in [1.165, 1.54) is 25.8 Å². The summed E-state index contributed by atoms with van der Waals surface area (Å²) in [6.45, 7) is 3.49. The van der Waals surface area contributed by atoms with Crippen LogP contribution in [0.15, 0.2) is 24.3 Å². The van der Waals surface area contributed by atoms with Gasteiger partial charge in [-0.05, 0) is 62.1 Å². The summed E-state index contributed by atoms with van der Waals surface area (Å²) in [6.07, 6.45) is 6.93.